The highest BCUT2D eigenvalue weighted by Gasteiger charge is 2.24. The number of aryl methyl sites for hydroxylation is 2. The molecule has 0 fully saturated rings. The van der Waals surface area contributed by atoms with Gasteiger partial charge in [-0.15, -0.1) is 0 Å². The lowest BCUT2D eigenvalue weighted by molar-refractivity contribution is 0.464. The minimum absolute atomic E-state index is 0.0634. The van der Waals surface area contributed by atoms with E-state index in [9.17, 15) is 8.42 Å². The standard InChI is InChI=1S/C10H15N5O2S/c1-8-13-10(7-14(8)2)18(16,17)15(3)6-9-4-11-12-5-9/h4-5,7H,6H2,1-3H3,(H,11,12). The van der Waals surface area contributed by atoms with E-state index in [0.717, 1.165) is 5.56 Å². The van der Waals surface area contributed by atoms with Crippen molar-refractivity contribution in [1.29, 1.82) is 0 Å². The summed E-state index contributed by atoms with van der Waals surface area (Å²) in [6.07, 6.45) is 4.77. The molecule has 0 unspecified atom stereocenters. The minimum Gasteiger partial charge on any atom is -0.337 e. The Hall–Kier alpha value is -1.67. The first-order chi connectivity index (χ1) is 8.41. The molecule has 0 atom stereocenters. The number of nitrogens with one attached hydrogen (secondary N) is 1. The van der Waals surface area contributed by atoms with Gasteiger partial charge in [0.25, 0.3) is 10.0 Å². The zero-order valence-electron chi connectivity index (χ0n) is 10.5. The summed E-state index contributed by atoms with van der Waals surface area (Å²) in [5.41, 5.74) is 0.800. The maximum atomic E-state index is 12.2. The lowest BCUT2D eigenvalue weighted by atomic mass is 10.4. The minimum atomic E-state index is -3.56. The van der Waals surface area contributed by atoms with E-state index in [2.05, 4.69) is 15.2 Å². The van der Waals surface area contributed by atoms with Crippen LogP contribution in [0.5, 0.6) is 0 Å². The fourth-order valence-electron chi connectivity index (χ4n) is 1.52. The molecule has 1 N–H and O–H groups in total. The molecule has 7 nitrogen and oxygen atoms in total. The number of hydrogen-bond donors (Lipinski definition) is 1. The first kappa shape index (κ1) is 12.8. The maximum absolute atomic E-state index is 12.2. The average Bonchev–Trinajstić information content (AvgIpc) is 2.90. The second-order valence-corrected chi connectivity index (χ2v) is 6.10. The van der Waals surface area contributed by atoms with E-state index in [1.165, 1.54) is 17.5 Å². The van der Waals surface area contributed by atoms with Crippen molar-refractivity contribution in [2.75, 3.05) is 7.05 Å². The predicted octanol–water partition coefficient (Wildman–Crippen LogP) is 0.272. The number of aromatic nitrogens is 4. The average molecular weight is 269 g/mol. The van der Waals surface area contributed by atoms with E-state index in [4.69, 9.17) is 0 Å². The van der Waals surface area contributed by atoms with E-state index in [-0.39, 0.29) is 11.6 Å². The third kappa shape index (κ3) is 2.29. The molecule has 0 bridgehead atoms. The van der Waals surface area contributed by atoms with Crippen LogP contribution in [0.2, 0.25) is 0 Å². The number of sulfonamides is 1. The Morgan fingerprint density at radius 1 is 1.50 bits per heavy atom. The summed E-state index contributed by atoms with van der Waals surface area (Å²) in [5, 5.41) is 6.49. The van der Waals surface area contributed by atoms with Gasteiger partial charge in [0.05, 0.1) is 6.20 Å². The first-order valence-corrected chi connectivity index (χ1v) is 6.79. The highest BCUT2D eigenvalue weighted by molar-refractivity contribution is 7.89. The molecule has 2 aromatic rings. The maximum Gasteiger partial charge on any atom is 0.262 e. The predicted molar refractivity (Wildman–Crippen MR) is 65.2 cm³/mol. The molecule has 0 amide bonds. The quantitative estimate of drug-likeness (QED) is 0.863. The molecule has 18 heavy (non-hydrogen) atoms. The summed E-state index contributed by atoms with van der Waals surface area (Å²) in [6, 6.07) is 0. The van der Waals surface area contributed by atoms with Gasteiger partial charge in [-0.05, 0) is 6.92 Å². The Labute approximate surface area is 106 Å². The van der Waals surface area contributed by atoms with Crippen LogP contribution in [0.15, 0.2) is 23.6 Å². The normalized spacial score (nSPS) is 12.2. The number of aromatic amines is 1. The van der Waals surface area contributed by atoms with Crippen molar-refractivity contribution >= 4 is 10.0 Å². The molecule has 0 aliphatic carbocycles. The van der Waals surface area contributed by atoms with Gasteiger partial charge in [0.15, 0.2) is 5.03 Å². The molecule has 0 saturated carbocycles. The van der Waals surface area contributed by atoms with E-state index in [0.29, 0.717) is 5.82 Å². The zero-order chi connectivity index (χ0) is 13.3. The summed E-state index contributed by atoms with van der Waals surface area (Å²) >= 11 is 0. The van der Waals surface area contributed by atoms with Gasteiger partial charge in [-0.2, -0.15) is 9.40 Å². The summed E-state index contributed by atoms with van der Waals surface area (Å²) in [6.45, 7) is 2.02. The highest BCUT2D eigenvalue weighted by atomic mass is 32.2. The van der Waals surface area contributed by atoms with Crippen molar-refractivity contribution in [3.8, 4) is 0 Å². The number of imidazole rings is 1. The van der Waals surface area contributed by atoms with Gasteiger partial charge in [-0.3, -0.25) is 5.10 Å². The Bertz CT molecular complexity index is 610. The van der Waals surface area contributed by atoms with Gasteiger partial charge < -0.3 is 4.57 Å². The molecule has 0 aliphatic rings. The van der Waals surface area contributed by atoms with Crippen molar-refractivity contribution in [3.05, 3.63) is 30.0 Å². The molecule has 2 aromatic heterocycles. The molecule has 98 valence electrons. The Morgan fingerprint density at radius 2 is 2.22 bits per heavy atom. The van der Waals surface area contributed by atoms with Crippen molar-refractivity contribution in [3.63, 3.8) is 0 Å². The second-order valence-electron chi connectivity index (χ2n) is 4.10. The van der Waals surface area contributed by atoms with Crippen LogP contribution in [0.25, 0.3) is 0 Å². The van der Waals surface area contributed by atoms with Crippen LogP contribution in [0.1, 0.15) is 11.4 Å². The molecular weight excluding hydrogens is 254 g/mol. The topological polar surface area (TPSA) is 83.9 Å². The van der Waals surface area contributed by atoms with Gasteiger partial charge in [-0.1, -0.05) is 0 Å². The highest BCUT2D eigenvalue weighted by Crippen LogP contribution is 2.15. The molecular formula is C10H15N5O2S. The third-order valence-electron chi connectivity index (χ3n) is 2.72. The molecule has 0 aliphatic heterocycles. The van der Waals surface area contributed by atoms with Crippen LogP contribution in [0, 0.1) is 6.92 Å². The van der Waals surface area contributed by atoms with Crippen molar-refractivity contribution in [2.24, 2.45) is 7.05 Å². The van der Waals surface area contributed by atoms with Crippen LogP contribution in [0.3, 0.4) is 0 Å². The fraction of sp³-hybridized carbons (Fsp3) is 0.400. The smallest absolute Gasteiger partial charge is 0.262 e. The Morgan fingerprint density at radius 3 is 2.72 bits per heavy atom. The van der Waals surface area contributed by atoms with Crippen molar-refractivity contribution < 1.29 is 8.42 Å². The second kappa shape index (κ2) is 4.54. The summed E-state index contributed by atoms with van der Waals surface area (Å²) < 4.78 is 27.4. The van der Waals surface area contributed by atoms with Crippen molar-refractivity contribution in [1.82, 2.24) is 24.1 Å². The van der Waals surface area contributed by atoms with Gasteiger partial charge in [0.1, 0.15) is 5.82 Å². The number of hydrogen-bond acceptors (Lipinski definition) is 4. The van der Waals surface area contributed by atoms with Crippen LogP contribution < -0.4 is 0 Å². The molecule has 2 rings (SSSR count). The molecule has 2 heterocycles. The molecule has 0 radical (unpaired) electrons. The van der Waals surface area contributed by atoms with Gasteiger partial charge in [-0.25, -0.2) is 13.4 Å². The summed E-state index contributed by atoms with van der Waals surface area (Å²) in [5.74, 6) is 0.658. The third-order valence-corrected chi connectivity index (χ3v) is 4.40. The lowest BCUT2D eigenvalue weighted by Crippen LogP contribution is -2.26. The number of rotatable bonds is 4. The van der Waals surface area contributed by atoms with Crippen LogP contribution in [-0.4, -0.2) is 39.5 Å². The van der Waals surface area contributed by atoms with E-state index < -0.39 is 10.0 Å². The summed E-state index contributed by atoms with van der Waals surface area (Å²) in [7, 11) is -0.275. The monoisotopic (exact) mass is 269 g/mol. The number of H-pyrrole nitrogens is 1. The van der Waals surface area contributed by atoms with Gasteiger partial charge in [0, 0.05) is 38.6 Å². The first-order valence-electron chi connectivity index (χ1n) is 5.35. The Balaban J connectivity index is 2.25. The molecule has 0 aromatic carbocycles. The van der Waals surface area contributed by atoms with E-state index in [1.54, 1.807) is 30.9 Å². The number of nitrogens with zero attached hydrogens (tertiary/aromatic N) is 4. The largest absolute Gasteiger partial charge is 0.337 e. The molecule has 0 saturated heterocycles. The van der Waals surface area contributed by atoms with E-state index in [1.807, 2.05) is 0 Å². The Kier molecular flexibility index (Phi) is 3.22. The molecule has 0 spiro atoms. The van der Waals surface area contributed by atoms with Crippen LogP contribution in [0.4, 0.5) is 0 Å². The van der Waals surface area contributed by atoms with Crippen LogP contribution >= 0.6 is 0 Å². The van der Waals surface area contributed by atoms with Gasteiger partial charge in [0.2, 0.25) is 0 Å². The summed E-state index contributed by atoms with van der Waals surface area (Å²) in [4.78, 5) is 4.04. The zero-order valence-corrected chi connectivity index (χ0v) is 11.3. The lowest BCUT2D eigenvalue weighted by Gasteiger charge is -2.14. The van der Waals surface area contributed by atoms with Crippen molar-refractivity contribution in [2.45, 2.75) is 18.5 Å². The van der Waals surface area contributed by atoms with Gasteiger partial charge >= 0.3 is 0 Å². The van der Waals surface area contributed by atoms with E-state index >= 15 is 0 Å². The molecule has 8 heteroatoms. The van der Waals surface area contributed by atoms with Crippen LogP contribution in [-0.2, 0) is 23.6 Å². The fourth-order valence-corrected chi connectivity index (χ4v) is 2.69. The SMILES string of the molecule is Cc1nc(S(=O)(=O)N(C)Cc2cn[nH]c2)cn1C.